The van der Waals surface area contributed by atoms with Crippen molar-refractivity contribution < 1.29 is 13.6 Å². The molecule has 0 aliphatic carbocycles. The number of nitrogens with zero attached hydrogens (tertiary/aromatic N) is 1. The zero-order valence-corrected chi connectivity index (χ0v) is 12.1. The van der Waals surface area contributed by atoms with Crippen LogP contribution >= 0.6 is 0 Å². The minimum atomic E-state index is -0.451. The standard InChI is InChI=1S/C16H16N2O4/c1-11(13-7-4-10-21-13)17-15(19)8-9-18-12-5-2-3-6-14(12)22-16(18)20/h2-7,10-11H,8-9H2,1H3,(H,17,19)/t11-/m0/s1. The second kappa shape index (κ2) is 5.93. The molecule has 6 nitrogen and oxygen atoms in total. The van der Waals surface area contributed by atoms with E-state index in [1.54, 1.807) is 36.6 Å². The molecule has 0 bridgehead atoms. The van der Waals surface area contributed by atoms with Crippen LogP contribution < -0.4 is 11.1 Å². The molecule has 0 spiro atoms. The number of oxazole rings is 1. The molecule has 0 saturated carbocycles. The lowest BCUT2D eigenvalue weighted by Gasteiger charge is -2.11. The minimum Gasteiger partial charge on any atom is -0.467 e. The molecule has 0 aliphatic rings. The molecule has 1 N–H and O–H groups in total. The second-order valence-corrected chi connectivity index (χ2v) is 5.04. The van der Waals surface area contributed by atoms with E-state index in [1.165, 1.54) is 4.57 Å². The summed E-state index contributed by atoms with van der Waals surface area (Å²) in [5.41, 5.74) is 1.22. The van der Waals surface area contributed by atoms with Gasteiger partial charge in [0.1, 0.15) is 5.76 Å². The van der Waals surface area contributed by atoms with Crippen LogP contribution in [0.4, 0.5) is 0 Å². The molecule has 0 unspecified atom stereocenters. The van der Waals surface area contributed by atoms with E-state index in [0.29, 0.717) is 16.9 Å². The van der Waals surface area contributed by atoms with Crippen molar-refractivity contribution in [3.8, 4) is 0 Å². The van der Waals surface area contributed by atoms with E-state index >= 15 is 0 Å². The second-order valence-electron chi connectivity index (χ2n) is 5.04. The van der Waals surface area contributed by atoms with Crippen molar-refractivity contribution in [1.82, 2.24) is 9.88 Å². The Hall–Kier alpha value is -2.76. The van der Waals surface area contributed by atoms with Crippen molar-refractivity contribution in [2.24, 2.45) is 0 Å². The summed E-state index contributed by atoms with van der Waals surface area (Å²) in [5, 5.41) is 2.83. The van der Waals surface area contributed by atoms with Crippen molar-refractivity contribution >= 4 is 17.0 Å². The summed E-state index contributed by atoms with van der Waals surface area (Å²) in [6, 6.07) is 10.5. The normalized spacial score (nSPS) is 12.4. The number of para-hydroxylation sites is 2. The quantitative estimate of drug-likeness (QED) is 0.785. The summed E-state index contributed by atoms with van der Waals surface area (Å²) in [6.07, 6.45) is 1.75. The number of hydrogen-bond acceptors (Lipinski definition) is 4. The number of rotatable bonds is 5. The van der Waals surface area contributed by atoms with Gasteiger partial charge in [0.05, 0.1) is 17.8 Å². The van der Waals surface area contributed by atoms with Gasteiger partial charge in [-0.2, -0.15) is 0 Å². The Morgan fingerprint density at radius 3 is 2.86 bits per heavy atom. The summed E-state index contributed by atoms with van der Waals surface area (Å²) < 4.78 is 11.8. The Bertz CT molecular complexity index is 829. The first-order valence-corrected chi connectivity index (χ1v) is 7.06. The average molecular weight is 300 g/mol. The maximum absolute atomic E-state index is 12.0. The molecule has 0 fully saturated rings. The van der Waals surface area contributed by atoms with Crippen molar-refractivity contribution in [2.45, 2.75) is 25.9 Å². The average Bonchev–Trinajstić information content (AvgIpc) is 3.12. The highest BCUT2D eigenvalue weighted by atomic mass is 16.4. The van der Waals surface area contributed by atoms with E-state index < -0.39 is 5.76 Å². The molecule has 22 heavy (non-hydrogen) atoms. The van der Waals surface area contributed by atoms with E-state index in [0.717, 1.165) is 0 Å². The van der Waals surface area contributed by atoms with Gasteiger partial charge in [0.2, 0.25) is 5.91 Å². The van der Waals surface area contributed by atoms with E-state index in [4.69, 9.17) is 8.83 Å². The van der Waals surface area contributed by atoms with Crippen LogP contribution in [0, 0.1) is 0 Å². The summed E-state index contributed by atoms with van der Waals surface area (Å²) in [7, 11) is 0. The van der Waals surface area contributed by atoms with Crippen molar-refractivity contribution in [1.29, 1.82) is 0 Å². The summed E-state index contributed by atoms with van der Waals surface area (Å²) in [4.78, 5) is 23.8. The lowest BCUT2D eigenvalue weighted by molar-refractivity contribution is -0.122. The Morgan fingerprint density at radius 1 is 1.27 bits per heavy atom. The Kier molecular flexibility index (Phi) is 3.82. The predicted octanol–water partition coefficient (Wildman–Crippen LogP) is 2.46. The molecule has 1 aromatic carbocycles. The Labute approximate surface area is 126 Å². The van der Waals surface area contributed by atoms with Crippen LogP contribution in [0.2, 0.25) is 0 Å². The maximum Gasteiger partial charge on any atom is 0.419 e. The monoisotopic (exact) mass is 300 g/mol. The molecule has 2 heterocycles. The number of furan rings is 1. The van der Waals surface area contributed by atoms with Crippen LogP contribution in [0.3, 0.4) is 0 Å². The number of fused-ring (bicyclic) bond motifs is 1. The fourth-order valence-corrected chi connectivity index (χ4v) is 2.36. The predicted molar refractivity (Wildman–Crippen MR) is 80.4 cm³/mol. The van der Waals surface area contributed by atoms with Crippen molar-refractivity contribution in [2.75, 3.05) is 0 Å². The molecule has 0 aliphatic heterocycles. The van der Waals surface area contributed by atoms with Crippen LogP contribution in [-0.2, 0) is 11.3 Å². The summed E-state index contributed by atoms with van der Waals surface area (Å²) >= 11 is 0. The third-order valence-corrected chi connectivity index (χ3v) is 3.48. The van der Waals surface area contributed by atoms with Crippen LogP contribution in [-0.4, -0.2) is 10.5 Å². The number of aryl methyl sites for hydroxylation is 1. The van der Waals surface area contributed by atoms with Crippen LogP contribution in [0.1, 0.15) is 25.1 Å². The van der Waals surface area contributed by atoms with Gasteiger partial charge >= 0.3 is 5.76 Å². The van der Waals surface area contributed by atoms with Gasteiger partial charge in [0.25, 0.3) is 0 Å². The smallest absolute Gasteiger partial charge is 0.419 e. The summed E-state index contributed by atoms with van der Waals surface area (Å²) in [5.74, 6) is 0.0912. The lowest BCUT2D eigenvalue weighted by Crippen LogP contribution is -2.28. The van der Waals surface area contributed by atoms with Crippen molar-refractivity contribution in [3.05, 3.63) is 59.0 Å². The molecular weight excluding hydrogens is 284 g/mol. The van der Waals surface area contributed by atoms with Gasteiger partial charge in [0.15, 0.2) is 5.58 Å². The molecule has 3 rings (SSSR count). The maximum atomic E-state index is 12.0. The molecule has 1 atom stereocenters. The molecular formula is C16H16N2O4. The number of aromatic nitrogens is 1. The molecule has 3 aromatic rings. The first-order chi connectivity index (χ1) is 10.6. The fraction of sp³-hybridized carbons (Fsp3) is 0.250. The van der Waals surface area contributed by atoms with E-state index in [9.17, 15) is 9.59 Å². The van der Waals surface area contributed by atoms with Crippen LogP contribution in [0.5, 0.6) is 0 Å². The first kappa shape index (κ1) is 14.2. The van der Waals surface area contributed by atoms with Gasteiger partial charge in [-0.15, -0.1) is 0 Å². The lowest BCUT2D eigenvalue weighted by atomic mass is 10.2. The number of benzene rings is 1. The molecule has 0 radical (unpaired) electrons. The molecule has 0 saturated heterocycles. The number of carbonyl (C=O) groups is 1. The Balaban J connectivity index is 1.65. The van der Waals surface area contributed by atoms with Crippen LogP contribution in [0.15, 0.2) is 56.3 Å². The zero-order valence-electron chi connectivity index (χ0n) is 12.1. The van der Waals surface area contributed by atoms with E-state index in [2.05, 4.69) is 5.32 Å². The van der Waals surface area contributed by atoms with Crippen LogP contribution in [0.25, 0.3) is 11.1 Å². The molecule has 1 amide bonds. The number of nitrogens with one attached hydrogen (secondary N) is 1. The van der Waals surface area contributed by atoms with Gasteiger partial charge < -0.3 is 14.2 Å². The fourth-order valence-electron chi connectivity index (χ4n) is 2.36. The highest BCUT2D eigenvalue weighted by Crippen LogP contribution is 2.14. The Morgan fingerprint density at radius 2 is 2.09 bits per heavy atom. The SMILES string of the molecule is C[C@H](NC(=O)CCn1c(=O)oc2ccccc21)c1ccco1. The first-order valence-electron chi connectivity index (χ1n) is 7.06. The van der Waals surface area contributed by atoms with Crippen molar-refractivity contribution in [3.63, 3.8) is 0 Å². The highest BCUT2D eigenvalue weighted by Gasteiger charge is 2.14. The third-order valence-electron chi connectivity index (χ3n) is 3.48. The van der Waals surface area contributed by atoms with E-state index in [1.807, 2.05) is 13.0 Å². The van der Waals surface area contributed by atoms with Gasteiger partial charge in [-0.1, -0.05) is 12.1 Å². The topological polar surface area (TPSA) is 77.4 Å². The van der Waals surface area contributed by atoms with Gasteiger partial charge in [-0.25, -0.2) is 4.79 Å². The summed E-state index contributed by atoms with van der Waals surface area (Å²) in [6.45, 7) is 2.11. The van der Waals surface area contributed by atoms with Gasteiger partial charge in [-0.05, 0) is 31.2 Å². The molecule has 2 aromatic heterocycles. The third kappa shape index (κ3) is 2.81. The highest BCUT2D eigenvalue weighted by molar-refractivity contribution is 5.77. The largest absolute Gasteiger partial charge is 0.467 e. The number of hydrogen-bond donors (Lipinski definition) is 1. The number of amides is 1. The molecule has 6 heteroatoms. The zero-order chi connectivity index (χ0) is 15.5. The minimum absolute atomic E-state index is 0.152. The molecule has 114 valence electrons. The van der Waals surface area contributed by atoms with Gasteiger partial charge in [0, 0.05) is 13.0 Å². The number of carbonyl (C=O) groups excluding carboxylic acids is 1. The van der Waals surface area contributed by atoms with E-state index in [-0.39, 0.29) is 24.9 Å². The van der Waals surface area contributed by atoms with Gasteiger partial charge in [-0.3, -0.25) is 9.36 Å².